The Morgan fingerprint density at radius 3 is 2.50 bits per heavy atom. The van der Waals surface area contributed by atoms with Crippen LogP contribution in [0, 0.1) is 6.92 Å². The third kappa shape index (κ3) is 2.99. The number of hydrogen-bond acceptors (Lipinski definition) is 2. The number of phenols is 1. The number of hydrogen-bond donors (Lipinski definition) is 2. The number of phenolic OH excluding ortho intramolecular Hbond substituents is 1. The number of rotatable bonds is 4. The van der Waals surface area contributed by atoms with Gasteiger partial charge in [0.05, 0.1) is 0 Å². The molecule has 0 aliphatic rings. The van der Waals surface area contributed by atoms with Gasteiger partial charge >= 0.3 is 0 Å². The van der Waals surface area contributed by atoms with Crippen molar-refractivity contribution < 1.29 is 9.90 Å². The molecule has 3 nitrogen and oxygen atoms in total. The topological polar surface area (TPSA) is 49.3 Å². The van der Waals surface area contributed by atoms with E-state index in [0.29, 0.717) is 17.7 Å². The van der Waals surface area contributed by atoms with Crippen LogP contribution >= 0.6 is 0 Å². The summed E-state index contributed by atoms with van der Waals surface area (Å²) in [4.78, 5) is 12.2. The second-order valence-corrected chi connectivity index (χ2v) is 4.75. The number of benzene rings is 2. The Kier molecular flexibility index (Phi) is 4.41. The highest BCUT2D eigenvalue weighted by molar-refractivity contribution is 5.96. The van der Waals surface area contributed by atoms with Crippen molar-refractivity contribution in [2.24, 2.45) is 0 Å². The van der Waals surface area contributed by atoms with E-state index in [0.717, 1.165) is 12.0 Å². The van der Waals surface area contributed by atoms with E-state index in [1.807, 2.05) is 18.2 Å². The average molecular weight is 269 g/mol. The first kappa shape index (κ1) is 14.1. The molecule has 0 fully saturated rings. The lowest BCUT2D eigenvalue weighted by atomic mass is 10.0. The van der Waals surface area contributed by atoms with Gasteiger partial charge in [-0.3, -0.25) is 4.79 Å². The van der Waals surface area contributed by atoms with Crippen molar-refractivity contribution in [2.45, 2.75) is 26.8 Å². The van der Waals surface area contributed by atoms with Crippen LogP contribution in [0.1, 0.15) is 34.0 Å². The number of carbonyl (C=O) groups is 1. The summed E-state index contributed by atoms with van der Waals surface area (Å²) >= 11 is 0. The smallest absolute Gasteiger partial charge is 0.251 e. The maximum Gasteiger partial charge on any atom is 0.251 e. The highest BCUT2D eigenvalue weighted by atomic mass is 16.3. The van der Waals surface area contributed by atoms with Crippen LogP contribution in [0.15, 0.2) is 42.5 Å². The summed E-state index contributed by atoms with van der Waals surface area (Å²) in [7, 11) is 0. The second kappa shape index (κ2) is 6.24. The van der Waals surface area contributed by atoms with Crippen molar-refractivity contribution in [3.8, 4) is 5.75 Å². The molecule has 20 heavy (non-hydrogen) atoms. The van der Waals surface area contributed by atoms with Gasteiger partial charge in [0.1, 0.15) is 5.75 Å². The molecule has 2 rings (SSSR count). The van der Waals surface area contributed by atoms with E-state index in [1.54, 1.807) is 25.1 Å². The number of carbonyl (C=O) groups excluding carboxylic acids is 1. The summed E-state index contributed by atoms with van der Waals surface area (Å²) in [6, 6.07) is 13.0. The van der Waals surface area contributed by atoms with Gasteiger partial charge in [0, 0.05) is 17.7 Å². The van der Waals surface area contributed by atoms with Crippen LogP contribution in [0.5, 0.6) is 5.75 Å². The van der Waals surface area contributed by atoms with Gasteiger partial charge in [0.2, 0.25) is 0 Å². The average Bonchev–Trinajstić information content (AvgIpc) is 2.48. The molecule has 0 aliphatic heterocycles. The van der Waals surface area contributed by atoms with Gasteiger partial charge in [-0.15, -0.1) is 0 Å². The van der Waals surface area contributed by atoms with Crippen molar-refractivity contribution in [2.75, 3.05) is 0 Å². The molecular weight excluding hydrogens is 250 g/mol. The Morgan fingerprint density at radius 2 is 1.80 bits per heavy atom. The lowest BCUT2D eigenvalue weighted by molar-refractivity contribution is 0.0950. The zero-order chi connectivity index (χ0) is 14.5. The van der Waals surface area contributed by atoms with Gasteiger partial charge in [-0.2, -0.15) is 0 Å². The summed E-state index contributed by atoms with van der Waals surface area (Å²) in [5, 5.41) is 12.5. The lowest BCUT2D eigenvalue weighted by Gasteiger charge is -2.11. The van der Waals surface area contributed by atoms with Gasteiger partial charge in [-0.25, -0.2) is 0 Å². The maximum absolute atomic E-state index is 12.2. The summed E-state index contributed by atoms with van der Waals surface area (Å²) in [6.45, 7) is 4.34. The number of nitrogens with one attached hydrogen (secondary N) is 1. The zero-order valence-electron chi connectivity index (χ0n) is 11.8. The predicted molar refractivity (Wildman–Crippen MR) is 79.8 cm³/mol. The molecule has 0 saturated carbocycles. The largest absolute Gasteiger partial charge is 0.508 e. The molecule has 0 bridgehead atoms. The molecule has 0 radical (unpaired) electrons. The molecule has 2 aromatic rings. The minimum atomic E-state index is -0.163. The zero-order valence-corrected chi connectivity index (χ0v) is 11.8. The fourth-order valence-corrected chi connectivity index (χ4v) is 2.22. The first-order valence-electron chi connectivity index (χ1n) is 6.77. The first-order valence-corrected chi connectivity index (χ1v) is 6.77. The third-order valence-corrected chi connectivity index (χ3v) is 3.49. The minimum Gasteiger partial charge on any atom is -0.508 e. The number of aromatic hydroxyl groups is 1. The van der Waals surface area contributed by atoms with E-state index in [-0.39, 0.29) is 11.7 Å². The van der Waals surface area contributed by atoms with Crippen molar-refractivity contribution in [1.29, 1.82) is 0 Å². The Hall–Kier alpha value is -2.29. The Labute approximate surface area is 119 Å². The molecule has 0 saturated heterocycles. The Balaban J connectivity index is 2.11. The summed E-state index contributed by atoms with van der Waals surface area (Å²) in [6.07, 6.45) is 0.942. The van der Waals surface area contributed by atoms with E-state index < -0.39 is 0 Å². The van der Waals surface area contributed by atoms with E-state index >= 15 is 0 Å². The molecular formula is C17H19NO2. The van der Waals surface area contributed by atoms with Gasteiger partial charge in [-0.1, -0.05) is 37.3 Å². The molecule has 2 N–H and O–H groups in total. The molecule has 0 spiro atoms. The normalized spacial score (nSPS) is 10.3. The van der Waals surface area contributed by atoms with Gasteiger partial charge in [0.15, 0.2) is 0 Å². The van der Waals surface area contributed by atoms with Gasteiger partial charge < -0.3 is 10.4 Å². The van der Waals surface area contributed by atoms with Crippen LogP contribution in [-0.4, -0.2) is 11.0 Å². The van der Waals surface area contributed by atoms with Crippen LogP contribution in [0.2, 0.25) is 0 Å². The SMILES string of the molecule is CCc1ccccc1CNC(=O)c1cccc(O)c1C. The molecule has 1 amide bonds. The summed E-state index contributed by atoms with van der Waals surface area (Å²) < 4.78 is 0. The molecule has 0 aromatic heterocycles. The van der Waals surface area contributed by atoms with E-state index in [2.05, 4.69) is 18.3 Å². The Morgan fingerprint density at radius 1 is 1.10 bits per heavy atom. The number of aryl methyl sites for hydroxylation is 1. The van der Waals surface area contributed by atoms with Crippen LogP contribution < -0.4 is 5.32 Å². The molecule has 3 heteroatoms. The van der Waals surface area contributed by atoms with E-state index in [1.165, 1.54) is 5.56 Å². The van der Waals surface area contributed by atoms with Crippen molar-refractivity contribution in [1.82, 2.24) is 5.32 Å². The number of amides is 1. The van der Waals surface area contributed by atoms with Crippen molar-refractivity contribution in [3.05, 3.63) is 64.7 Å². The highest BCUT2D eigenvalue weighted by Crippen LogP contribution is 2.19. The molecule has 0 unspecified atom stereocenters. The Bertz CT molecular complexity index is 620. The molecule has 0 heterocycles. The van der Waals surface area contributed by atoms with Crippen molar-refractivity contribution >= 4 is 5.91 Å². The molecule has 2 aromatic carbocycles. The standard InChI is InChI=1S/C17H19NO2/c1-3-13-7-4-5-8-14(13)11-18-17(20)15-9-6-10-16(19)12(15)2/h4-10,19H,3,11H2,1-2H3,(H,18,20). The molecule has 0 aliphatic carbocycles. The van der Waals surface area contributed by atoms with Crippen LogP contribution in [0.3, 0.4) is 0 Å². The molecule has 0 atom stereocenters. The molecule has 104 valence electrons. The van der Waals surface area contributed by atoms with Crippen molar-refractivity contribution in [3.63, 3.8) is 0 Å². The van der Waals surface area contributed by atoms with E-state index in [9.17, 15) is 9.90 Å². The first-order chi connectivity index (χ1) is 9.63. The van der Waals surface area contributed by atoms with Crippen LogP contribution in [-0.2, 0) is 13.0 Å². The van der Waals surface area contributed by atoms with Crippen LogP contribution in [0.25, 0.3) is 0 Å². The van der Waals surface area contributed by atoms with Gasteiger partial charge in [-0.05, 0) is 36.6 Å². The fourth-order valence-electron chi connectivity index (χ4n) is 2.22. The van der Waals surface area contributed by atoms with E-state index in [4.69, 9.17) is 0 Å². The minimum absolute atomic E-state index is 0.145. The second-order valence-electron chi connectivity index (χ2n) is 4.75. The summed E-state index contributed by atoms with van der Waals surface area (Å²) in [5.74, 6) is -0.0177. The quantitative estimate of drug-likeness (QED) is 0.895. The summed E-state index contributed by atoms with van der Waals surface area (Å²) in [5.41, 5.74) is 3.48. The third-order valence-electron chi connectivity index (χ3n) is 3.49. The predicted octanol–water partition coefficient (Wildman–Crippen LogP) is 3.19. The maximum atomic E-state index is 12.2. The lowest BCUT2D eigenvalue weighted by Crippen LogP contribution is -2.24. The highest BCUT2D eigenvalue weighted by Gasteiger charge is 2.11. The van der Waals surface area contributed by atoms with Crippen LogP contribution in [0.4, 0.5) is 0 Å². The monoisotopic (exact) mass is 269 g/mol. The van der Waals surface area contributed by atoms with Gasteiger partial charge in [0.25, 0.3) is 5.91 Å². The fraction of sp³-hybridized carbons (Fsp3) is 0.235.